The normalized spacial score (nSPS) is 13.1. The van der Waals surface area contributed by atoms with Crippen LogP contribution in [0.2, 0.25) is 0 Å². The first kappa shape index (κ1) is 9.96. The van der Waals surface area contributed by atoms with Gasteiger partial charge in [-0.25, -0.2) is 0 Å². The number of rotatable bonds is 2. The third-order valence-electron chi connectivity index (χ3n) is 2.06. The maximum absolute atomic E-state index is 9.98. The van der Waals surface area contributed by atoms with Crippen LogP contribution in [0.4, 0.5) is 0 Å². The van der Waals surface area contributed by atoms with E-state index in [0.717, 1.165) is 15.0 Å². The molecule has 2 nitrogen and oxygen atoms in total. The molecule has 1 atom stereocenters. The first-order valence-electron chi connectivity index (χ1n) is 4.25. The van der Waals surface area contributed by atoms with Crippen LogP contribution in [0.1, 0.15) is 21.6 Å². The summed E-state index contributed by atoms with van der Waals surface area (Å²) in [5, 5.41) is 9.98. The Morgan fingerprint density at radius 2 is 2.36 bits per heavy atom. The number of hydrogen-bond donors (Lipinski definition) is 2. The van der Waals surface area contributed by atoms with E-state index in [0.29, 0.717) is 0 Å². The fraction of sp³-hybridized carbons (Fsp3) is 0.200. The van der Waals surface area contributed by atoms with Gasteiger partial charge in [-0.15, -0.1) is 11.3 Å². The van der Waals surface area contributed by atoms with Crippen molar-refractivity contribution in [1.82, 2.24) is 4.98 Å². The Morgan fingerprint density at radius 3 is 2.86 bits per heavy atom. The van der Waals surface area contributed by atoms with E-state index in [-0.39, 0.29) is 0 Å². The standard InChI is InChI=1S/C10H10BrNOS/c1-6-7(11)5-9(14-6)10(13)8-3-2-4-12-8/h2-5,10,12-13H,1H3. The maximum Gasteiger partial charge on any atom is 0.128 e. The van der Waals surface area contributed by atoms with E-state index in [1.165, 1.54) is 4.88 Å². The molecule has 1 unspecified atom stereocenters. The van der Waals surface area contributed by atoms with E-state index in [1.807, 2.05) is 31.3 Å². The molecule has 0 fully saturated rings. The molecular weight excluding hydrogens is 262 g/mol. The van der Waals surface area contributed by atoms with Crippen molar-refractivity contribution < 1.29 is 5.11 Å². The number of nitrogens with one attached hydrogen (secondary N) is 1. The molecule has 0 aliphatic rings. The molecule has 0 saturated carbocycles. The number of H-pyrrole nitrogens is 1. The van der Waals surface area contributed by atoms with Gasteiger partial charge in [0.2, 0.25) is 0 Å². The van der Waals surface area contributed by atoms with Crippen molar-refractivity contribution in [3.05, 3.63) is 44.3 Å². The van der Waals surface area contributed by atoms with Crippen molar-refractivity contribution in [3.8, 4) is 0 Å². The first-order valence-corrected chi connectivity index (χ1v) is 5.86. The molecule has 0 aliphatic carbocycles. The van der Waals surface area contributed by atoms with Gasteiger partial charge in [-0.2, -0.15) is 0 Å². The minimum atomic E-state index is -0.542. The van der Waals surface area contributed by atoms with E-state index in [9.17, 15) is 5.11 Å². The molecule has 2 aromatic heterocycles. The first-order chi connectivity index (χ1) is 6.68. The van der Waals surface area contributed by atoms with E-state index in [2.05, 4.69) is 20.9 Å². The van der Waals surface area contributed by atoms with Crippen molar-refractivity contribution in [2.24, 2.45) is 0 Å². The van der Waals surface area contributed by atoms with Gasteiger partial charge < -0.3 is 10.1 Å². The zero-order chi connectivity index (χ0) is 10.1. The summed E-state index contributed by atoms with van der Waals surface area (Å²) in [6, 6.07) is 5.73. The number of aliphatic hydroxyl groups is 1. The smallest absolute Gasteiger partial charge is 0.128 e. The molecule has 0 saturated heterocycles. The Morgan fingerprint density at radius 1 is 1.57 bits per heavy atom. The zero-order valence-corrected chi connectivity index (χ0v) is 10.0. The van der Waals surface area contributed by atoms with Crippen LogP contribution < -0.4 is 0 Å². The number of aromatic nitrogens is 1. The lowest BCUT2D eigenvalue weighted by atomic mass is 10.2. The van der Waals surface area contributed by atoms with E-state index in [1.54, 1.807) is 11.3 Å². The Labute approximate surface area is 94.7 Å². The Kier molecular flexibility index (Phi) is 2.76. The summed E-state index contributed by atoms with van der Waals surface area (Å²) < 4.78 is 1.06. The molecule has 0 amide bonds. The third-order valence-corrected chi connectivity index (χ3v) is 4.25. The molecule has 0 aliphatic heterocycles. The Bertz CT molecular complexity index is 402. The second-order valence-corrected chi connectivity index (χ2v) is 5.22. The van der Waals surface area contributed by atoms with Crippen molar-refractivity contribution >= 4 is 27.3 Å². The van der Waals surface area contributed by atoms with Crippen LogP contribution in [-0.4, -0.2) is 10.1 Å². The van der Waals surface area contributed by atoms with Gasteiger partial charge >= 0.3 is 0 Å². The van der Waals surface area contributed by atoms with Gasteiger partial charge in [0.25, 0.3) is 0 Å². The fourth-order valence-electron chi connectivity index (χ4n) is 1.28. The van der Waals surface area contributed by atoms with Crippen LogP contribution in [0.15, 0.2) is 28.9 Å². The van der Waals surface area contributed by atoms with Crippen LogP contribution >= 0.6 is 27.3 Å². The predicted octanol–water partition coefficient (Wildman–Crippen LogP) is 3.23. The number of aliphatic hydroxyl groups excluding tert-OH is 1. The molecule has 2 rings (SSSR count). The molecule has 0 radical (unpaired) electrons. The van der Waals surface area contributed by atoms with Crippen molar-refractivity contribution in [1.29, 1.82) is 0 Å². The van der Waals surface area contributed by atoms with Crippen molar-refractivity contribution in [2.45, 2.75) is 13.0 Å². The third kappa shape index (κ3) is 1.78. The topological polar surface area (TPSA) is 36.0 Å². The van der Waals surface area contributed by atoms with Crippen molar-refractivity contribution in [3.63, 3.8) is 0 Å². The molecule has 0 spiro atoms. The highest BCUT2D eigenvalue weighted by Gasteiger charge is 2.14. The van der Waals surface area contributed by atoms with Crippen LogP contribution in [-0.2, 0) is 0 Å². The number of halogens is 1. The number of aromatic amines is 1. The van der Waals surface area contributed by atoms with E-state index in [4.69, 9.17) is 0 Å². The number of hydrogen-bond acceptors (Lipinski definition) is 2. The van der Waals surface area contributed by atoms with Crippen LogP contribution in [0.3, 0.4) is 0 Å². The average molecular weight is 272 g/mol. The quantitative estimate of drug-likeness (QED) is 0.865. The highest BCUT2D eigenvalue weighted by Crippen LogP contribution is 2.32. The summed E-state index contributed by atoms with van der Waals surface area (Å²) in [5.41, 5.74) is 0.832. The van der Waals surface area contributed by atoms with Gasteiger partial charge in [-0.3, -0.25) is 0 Å². The van der Waals surface area contributed by atoms with Gasteiger partial charge in [0.1, 0.15) is 6.10 Å². The summed E-state index contributed by atoms with van der Waals surface area (Å²) in [6.45, 7) is 2.03. The molecular formula is C10H10BrNOS. The highest BCUT2D eigenvalue weighted by molar-refractivity contribution is 9.10. The minimum Gasteiger partial charge on any atom is -0.381 e. The molecule has 14 heavy (non-hydrogen) atoms. The second kappa shape index (κ2) is 3.88. The fourth-order valence-corrected chi connectivity index (χ4v) is 2.85. The lowest BCUT2D eigenvalue weighted by Gasteiger charge is -2.04. The Hall–Kier alpha value is -0.580. The molecule has 0 bridgehead atoms. The lowest BCUT2D eigenvalue weighted by Crippen LogP contribution is -1.96. The van der Waals surface area contributed by atoms with Gasteiger partial charge in [-0.1, -0.05) is 0 Å². The summed E-state index contributed by atoms with van der Waals surface area (Å²) in [5.74, 6) is 0. The van der Waals surface area contributed by atoms with Crippen LogP contribution in [0.5, 0.6) is 0 Å². The highest BCUT2D eigenvalue weighted by atomic mass is 79.9. The molecule has 0 aromatic carbocycles. The number of aryl methyl sites for hydroxylation is 1. The molecule has 74 valence electrons. The largest absolute Gasteiger partial charge is 0.381 e. The second-order valence-electron chi connectivity index (χ2n) is 3.08. The van der Waals surface area contributed by atoms with Gasteiger partial charge in [0.15, 0.2) is 0 Å². The van der Waals surface area contributed by atoms with Gasteiger partial charge in [-0.05, 0) is 41.1 Å². The summed E-state index contributed by atoms with van der Waals surface area (Å²) in [4.78, 5) is 5.15. The summed E-state index contributed by atoms with van der Waals surface area (Å²) >= 11 is 5.04. The SMILES string of the molecule is Cc1sc(C(O)c2ccc[nH]2)cc1Br. The summed E-state index contributed by atoms with van der Waals surface area (Å²) in [6.07, 6.45) is 1.27. The van der Waals surface area contributed by atoms with E-state index >= 15 is 0 Å². The molecule has 2 N–H and O–H groups in total. The minimum absolute atomic E-state index is 0.542. The summed E-state index contributed by atoms with van der Waals surface area (Å²) in [7, 11) is 0. The lowest BCUT2D eigenvalue weighted by molar-refractivity contribution is 0.220. The zero-order valence-electron chi connectivity index (χ0n) is 7.62. The molecule has 2 aromatic rings. The van der Waals surface area contributed by atoms with E-state index < -0.39 is 6.10 Å². The van der Waals surface area contributed by atoms with Gasteiger partial charge in [0.05, 0.1) is 0 Å². The number of thiophene rings is 1. The molecule has 2 heterocycles. The monoisotopic (exact) mass is 271 g/mol. The Balaban J connectivity index is 2.32. The maximum atomic E-state index is 9.98. The van der Waals surface area contributed by atoms with Crippen molar-refractivity contribution in [2.75, 3.05) is 0 Å². The predicted molar refractivity (Wildman–Crippen MR) is 61.6 cm³/mol. The molecule has 4 heteroatoms. The average Bonchev–Trinajstić information content (AvgIpc) is 2.76. The van der Waals surface area contributed by atoms with Crippen LogP contribution in [0, 0.1) is 6.92 Å². The van der Waals surface area contributed by atoms with Crippen LogP contribution in [0.25, 0.3) is 0 Å². The van der Waals surface area contributed by atoms with Gasteiger partial charge in [0, 0.05) is 26.1 Å².